The van der Waals surface area contributed by atoms with Crippen LogP contribution in [0.2, 0.25) is 0 Å². The second-order valence-electron chi connectivity index (χ2n) is 4.27. The fraction of sp³-hybridized carbons (Fsp3) is 0.308. The van der Waals surface area contributed by atoms with Gasteiger partial charge in [-0.25, -0.2) is 4.39 Å². The highest BCUT2D eigenvalue weighted by Gasteiger charge is 2.33. The molecule has 0 amide bonds. The Kier molecular flexibility index (Phi) is 3.09. The predicted octanol–water partition coefficient (Wildman–Crippen LogP) is 1.82. The van der Waals surface area contributed by atoms with Crippen LogP contribution < -0.4 is 4.74 Å². The fourth-order valence-electron chi connectivity index (χ4n) is 2.05. The number of hydrogen-bond donors (Lipinski definition) is 1. The highest BCUT2D eigenvalue weighted by molar-refractivity contribution is 5.39. The van der Waals surface area contributed by atoms with Crippen LogP contribution in [0.3, 0.4) is 0 Å². The van der Waals surface area contributed by atoms with Crippen LogP contribution in [0.4, 0.5) is 4.39 Å². The van der Waals surface area contributed by atoms with Crippen LogP contribution in [-0.2, 0) is 12.6 Å². The minimum Gasteiger partial charge on any atom is -0.493 e. The summed E-state index contributed by atoms with van der Waals surface area (Å²) in [7, 11) is 3.20. The molecule has 0 radical (unpaired) electrons. The van der Waals surface area contributed by atoms with E-state index in [-0.39, 0.29) is 0 Å². The van der Waals surface area contributed by atoms with Gasteiger partial charge in [0, 0.05) is 7.05 Å². The van der Waals surface area contributed by atoms with Gasteiger partial charge in [0.05, 0.1) is 13.3 Å². The summed E-state index contributed by atoms with van der Waals surface area (Å²) in [5.74, 6) is 0.0701. The highest BCUT2D eigenvalue weighted by Crippen LogP contribution is 2.34. The molecule has 0 aliphatic heterocycles. The second kappa shape index (κ2) is 4.42. The van der Waals surface area contributed by atoms with Crippen molar-refractivity contribution in [3.63, 3.8) is 0 Å². The van der Waals surface area contributed by atoms with Crippen molar-refractivity contribution in [3.8, 4) is 5.75 Å². The Hall–Kier alpha value is -1.88. The summed E-state index contributed by atoms with van der Waals surface area (Å²) in [4.78, 5) is 0. The molecule has 5 heteroatoms. The van der Waals surface area contributed by atoms with E-state index in [1.165, 1.54) is 30.1 Å². The van der Waals surface area contributed by atoms with E-state index in [9.17, 15) is 9.50 Å². The summed E-state index contributed by atoms with van der Waals surface area (Å²) in [5, 5.41) is 14.7. The maximum absolute atomic E-state index is 13.3. The van der Waals surface area contributed by atoms with Gasteiger partial charge in [0.15, 0.2) is 5.75 Å². The van der Waals surface area contributed by atoms with Crippen LogP contribution in [0.15, 0.2) is 30.5 Å². The lowest BCUT2D eigenvalue weighted by Gasteiger charge is -2.25. The van der Waals surface area contributed by atoms with E-state index < -0.39 is 11.4 Å². The quantitative estimate of drug-likeness (QED) is 0.904. The molecule has 1 atom stereocenters. The number of ether oxygens (including phenoxy) is 1. The first kappa shape index (κ1) is 12.6. The summed E-state index contributed by atoms with van der Waals surface area (Å²) < 4.78 is 19.9. The van der Waals surface area contributed by atoms with E-state index in [1.54, 1.807) is 26.1 Å². The number of benzene rings is 1. The zero-order chi connectivity index (χ0) is 13.3. The average molecular weight is 250 g/mol. The standard InChI is InChI=1S/C13H15FN2O2/c1-13(17,9-5-4-6-10(14)7-9)12-11(18-3)8-15-16(12)2/h4-8,17H,1-3H3. The van der Waals surface area contributed by atoms with Gasteiger partial charge in [-0.15, -0.1) is 0 Å². The molecule has 4 nitrogen and oxygen atoms in total. The molecule has 96 valence electrons. The number of methoxy groups -OCH3 is 1. The Morgan fingerprint density at radius 1 is 1.44 bits per heavy atom. The molecule has 0 saturated carbocycles. The lowest BCUT2D eigenvalue weighted by atomic mass is 9.92. The number of halogens is 1. The van der Waals surface area contributed by atoms with Crippen LogP contribution in [0, 0.1) is 5.82 Å². The van der Waals surface area contributed by atoms with Crippen molar-refractivity contribution in [2.45, 2.75) is 12.5 Å². The topological polar surface area (TPSA) is 47.3 Å². The van der Waals surface area contributed by atoms with E-state index in [4.69, 9.17) is 4.74 Å². The van der Waals surface area contributed by atoms with E-state index in [1.807, 2.05) is 0 Å². The van der Waals surface area contributed by atoms with Crippen molar-refractivity contribution in [2.75, 3.05) is 7.11 Å². The molecule has 2 aromatic rings. The first-order valence-corrected chi connectivity index (χ1v) is 5.51. The van der Waals surface area contributed by atoms with Crippen molar-refractivity contribution in [1.29, 1.82) is 0 Å². The monoisotopic (exact) mass is 250 g/mol. The van der Waals surface area contributed by atoms with Crippen LogP contribution in [0.5, 0.6) is 5.75 Å². The van der Waals surface area contributed by atoms with Gasteiger partial charge in [-0.3, -0.25) is 4.68 Å². The first-order chi connectivity index (χ1) is 8.46. The molecule has 18 heavy (non-hydrogen) atoms. The Morgan fingerprint density at radius 2 is 2.17 bits per heavy atom. The maximum Gasteiger partial charge on any atom is 0.163 e. The average Bonchev–Trinajstić information content (AvgIpc) is 2.71. The van der Waals surface area contributed by atoms with Crippen LogP contribution in [0.25, 0.3) is 0 Å². The van der Waals surface area contributed by atoms with Gasteiger partial charge >= 0.3 is 0 Å². The molecule has 0 aliphatic carbocycles. The van der Waals surface area contributed by atoms with E-state index in [2.05, 4.69) is 5.10 Å². The van der Waals surface area contributed by atoms with Crippen LogP contribution in [-0.4, -0.2) is 22.0 Å². The lowest BCUT2D eigenvalue weighted by molar-refractivity contribution is 0.0893. The van der Waals surface area contributed by atoms with Gasteiger partial charge in [0.25, 0.3) is 0 Å². The Morgan fingerprint density at radius 3 is 2.78 bits per heavy atom. The van der Waals surface area contributed by atoms with Gasteiger partial charge in [-0.2, -0.15) is 5.10 Å². The molecule has 0 aliphatic rings. The van der Waals surface area contributed by atoms with Crippen molar-refractivity contribution < 1.29 is 14.2 Å². The number of aliphatic hydroxyl groups is 1. The third kappa shape index (κ3) is 1.97. The minimum atomic E-state index is -1.38. The smallest absolute Gasteiger partial charge is 0.163 e. The fourth-order valence-corrected chi connectivity index (χ4v) is 2.05. The van der Waals surface area contributed by atoms with Gasteiger partial charge < -0.3 is 9.84 Å². The Balaban J connectivity index is 2.57. The molecule has 0 bridgehead atoms. The molecule has 1 aromatic heterocycles. The number of aryl methyl sites for hydroxylation is 1. The number of hydrogen-bond acceptors (Lipinski definition) is 3. The molecule has 0 saturated heterocycles. The molecule has 1 N–H and O–H groups in total. The Labute approximate surface area is 105 Å². The van der Waals surface area contributed by atoms with Crippen molar-refractivity contribution in [3.05, 3.63) is 47.5 Å². The zero-order valence-corrected chi connectivity index (χ0v) is 10.5. The molecule has 1 heterocycles. The van der Waals surface area contributed by atoms with Gasteiger partial charge in [-0.05, 0) is 24.6 Å². The molecule has 1 unspecified atom stereocenters. The zero-order valence-electron chi connectivity index (χ0n) is 10.5. The molecular weight excluding hydrogens is 235 g/mol. The number of aromatic nitrogens is 2. The molecule has 0 spiro atoms. The largest absolute Gasteiger partial charge is 0.493 e. The summed E-state index contributed by atoms with van der Waals surface area (Å²) in [6.45, 7) is 1.58. The Bertz CT molecular complexity index is 564. The third-order valence-electron chi connectivity index (χ3n) is 2.97. The maximum atomic E-state index is 13.3. The SMILES string of the molecule is COc1cnn(C)c1C(C)(O)c1cccc(F)c1. The highest BCUT2D eigenvalue weighted by atomic mass is 19.1. The third-order valence-corrected chi connectivity index (χ3v) is 2.97. The van der Waals surface area contributed by atoms with Gasteiger partial charge in [0.2, 0.25) is 0 Å². The molecule has 1 aromatic carbocycles. The summed E-state index contributed by atoms with van der Waals surface area (Å²) in [5.41, 5.74) is -0.446. The summed E-state index contributed by atoms with van der Waals surface area (Å²) in [6.07, 6.45) is 1.52. The van der Waals surface area contributed by atoms with Crippen LogP contribution in [0.1, 0.15) is 18.2 Å². The molecular formula is C13H15FN2O2. The van der Waals surface area contributed by atoms with Crippen molar-refractivity contribution in [1.82, 2.24) is 9.78 Å². The lowest BCUT2D eigenvalue weighted by Crippen LogP contribution is -2.26. The summed E-state index contributed by atoms with van der Waals surface area (Å²) >= 11 is 0. The first-order valence-electron chi connectivity index (χ1n) is 5.51. The number of rotatable bonds is 3. The molecule has 0 fully saturated rings. The van der Waals surface area contributed by atoms with E-state index >= 15 is 0 Å². The second-order valence-corrected chi connectivity index (χ2v) is 4.27. The summed E-state index contributed by atoms with van der Waals surface area (Å²) in [6, 6.07) is 5.85. The van der Waals surface area contributed by atoms with E-state index in [0.717, 1.165) is 0 Å². The molecule has 2 rings (SSSR count). The van der Waals surface area contributed by atoms with Crippen molar-refractivity contribution >= 4 is 0 Å². The minimum absolute atomic E-state index is 0.395. The van der Waals surface area contributed by atoms with E-state index in [0.29, 0.717) is 17.0 Å². The number of nitrogens with zero attached hydrogens (tertiary/aromatic N) is 2. The van der Waals surface area contributed by atoms with Crippen LogP contribution >= 0.6 is 0 Å². The normalized spacial score (nSPS) is 14.3. The van der Waals surface area contributed by atoms with Gasteiger partial charge in [0.1, 0.15) is 17.1 Å². The predicted molar refractivity (Wildman–Crippen MR) is 64.8 cm³/mol. The van der Waals surface area contributed by atoms with Gasteiger partial charge in [-0.1, -0.05) is 12.1 Å². The van der Waals surface area contributed by atoms with Crippen molar-refractivity contribution in [2.24, 2.45) is 7.05 Å².